The van der Waals surface area contributed by atoms with Crippen LogP contribution in [-0.2, 0) is 0 Å². The maximum absolute atomic E-state index is 2.35. The second kappa shape index (κ2) is 12.2. The molecule has 0 aliphatic heterocycles. The molecule has 1 unspecified atom stereocenters. The number of rotatable bonds is 11. The van der Waals surface area contributed by atoms with Crippen molar-refractivity contribution in [3.8, 4) is 0 Å². The van der Waals surface area contributed by atoms with Gasteiger partial charge in [-0.3, -0.25) is 0 Å². The summed E-state index contributed by atoms with van der Waals surface area (Å²) in [6.07, 6.45) is 6.55. The van der Waals surface area contributed by atoms with E-state index in [0.717, 1.165) is 0 Å². The molecule has 0 fully saturated rings. The van der Waals surface area contributed by atoms with Crippen LogP contribution >= 0.6 is 15.8 Å². The Balaban J connectivity index is 1.67. The summed E-state index contributed by atoms with van der Waals surface area (Å²) in [5.41, 5.74) is 0. The van der Waals surface area contributed by atoms with Crippen molar-refractivity contribution in [2.45, 2.75) is 12.8 Å². The van der Waals surface area contributed by atoms with Gasteiger partial charge in [-0.25, -0.2) is 0 Å². The zero-order valence-electron chi connectivity index (χ0n) is 17.7. The highest BCUT2D eigenvalue weighted by atomic mass is 31.1. The van der Waals surface area contributed by atoms with Crippen molar-refractivity contribution in [3.63, 3.8) is 0 Å². The number of hydrogen-bond acceptors (Lipinski definition) is 1. The maximum Gasteiger partial charge on any atom is -0.00214 e. The van der Waals surface area contributed by atoms with Gasteiger partial charge < -0.3 is 4.90 Å². The molecule has 1 nitrogen and oxygen atoms in total. The molecule has 0 aliphatic rings. The average Bonchev–Trinajstić information content (AvgIpc) is 2.77. The van der Waals surface area contributed by atoms with Gasteiger partial charge in [0.05, 0.1) is 0 Å². The summed E-state index contributed by atoms with van der Waals surface area (Å²) in [5, 5.41) is 4.58. The Morgan fingerprint density at radius 2 is 1.00 bits per heavy atom. The van der Waals surface area contributed by atoms with Crippen LogP contribution in [0.2, 0.25) is 0 Å². The Labute approximate surface area is 179 Å². The van der Waals surface area contributed by atoms with Crippen molar-refractivity contribution >= 4 is 31.8 Å². The van der Waals surface area contributed by atoms with E-state index < -0.39 is 0 Å². The molecule has 0 bridgehead atoms. The first-order valence-electron chi connectivity index (χ1n) is 10.6. The quantitative estimate of drug-likeness (QED) is 0.381. The van der Waals surface area contributed by atoms with E-state index in [1.165, 1.54) is 48.5 Å². The average molecular weight is 422 g/mol. The number of hydrogen-bond donors (Lipinski definition) is 0. The third-order valence-corrected chi connectivity index (χ3v) is 10.4. The van der Waals surface area contributed by atoms with Gasteiger partial charge in [-0.15, -0.1) is 0 Å². The van der Waals surface area contributed by atoms with Gasteiger partial charge in [-0.2, -0.15) is 0 Å². The fourth-order valence-electron chi connectivity index (χ4n) is 3.63. The molecule has 0 radical (unpaired) electrons. The van der Waals surface area contributed by atoms with E-state index in [2.05, 4.69) is 110 Å². The van der Waals surface area contributed by atoms with Gasteiger partial charge in [-0.1, -0.05) is 98.9 Å². The van der Waals surface area contributed by atoms with Crippen LogP contribution in [0.15, 0.2) is 91.0 Å². The van der Waals surface area contributed by atoms with Gasteiger partial charge >= 0.3 is 0 Å². The van der Waals surface area contributed by atoms with Crippen molar-refractivity contribution in [1.82, 2.24) is 4.90 Å². The van der Waals surface area contributed by atoms with Crippen molar-refractivity contribution in [1.29, 1.82) is 0 Å². The SMILES string of the molecule is CN(C)CCCP(CCCP(c1ccccc1)c1ccccc1)c1ccccc1. The maximum atomic E-state index is 2.35. The molecule has 3 rings (SSSR count). The summed E-state index contributed by atoms with van der Waals surface area (Å²) < 4.78 is 0. The predicted octanol–water partition coefficient (Wildman–Crippen LogP) is 5.27. The van der Waals surface area contributed by atoms with Gasteiger partial charge in [0.15, 0.2) is 0 Å². The smallest absolute Gasteiger partial charge is 0.00214 e. The molecule has 0 amide bonds. The van der Waals surface area contributed by atoms with E-state index in [0.29, 0.717) is 0 Å². The van der Waals surface area contributed by atoms with Crippen LogP contribution in [0.4, 0.5) is 0 Å². The summed E-state index contributed by atoms with van der Waals surface area (Å²) in [6, 6.07) is 33.5. The van der Waals surface area contributed by atoms with Gasteiger partial charge in [0.2, 0.25) is 0 Å². The zero-order valence-corrected chi connectivity index (χ0v) is 19.5. The summed E-state index contributed by atoms with van der Waals surface area (Å²) in [7, 11) is 4.01. The highest BCUT2D eigenvalue weighted by Gasteiger charge is 2.16. The predicted molar refractivity (Wildman–Crippen MR) is 134 cm³/mol. The standard InChI is InChI=1S/C26H33NP2/c1-27(2)20-12-21-28(24-14-6-3-7-15-24)22-13-23-29(25-16-8-4-9-17-25)26-18-10-5-11-19-26/h3-11,14-19H,12-13,20-23H2,1-2H3. The lowest BCUT2D eigenvalue weighted by atomic mass is 10.4. The van der Waals surface area contributed by atoms with Gasteiger partial charge in [-0.05, 0) is 75.8 Å². The summed E-state index contributed by atoms with van der Waals surface area (Å²) >= 11 is 0. The van der Waals surface area contributed by atoms with Crippen LogP contribution in [0.3, 0.4) is 0 Å². The van der Waals surface area contributed by atoms with Crippen molar-refractivity contribution in [2.75, 3.05) is 39.1 Å². The van der Waals surface area contributed by atoms with Gasteiger partial charge in [0, 0.05) is 0 Å². The second-order valence-electron chi connectivity index (χ2n) is 7.66. The minimum Gasteiger partial charge on any atom is -0.309 e. The highest BCUT2D eigenvalue weighted by Crippen LogP contribution is 2.40. The summed E-state index contributed by atoms with van der Waals surface area (Å²) in [6.45, 7) is 1.19. The van der Waals surface area contributed by atoms with E-state index in [4.69, 9.17) is 0 Å². The second-order valence-corrected chi connectivity index (χ2v) is 12.5. The monoisotopic (exact) mass is 421 g/mol. The Morgan fingerprint density at radius 1 is 0.552 bits per heavy atom. The molecule has 0 aliphatic carbocycles. The molecule has 1 atom stereocenters. The van der Waals surface area contributed by atoms with Crippen molar-refractivity contribution in [2.24, 2.45) is 0 Å². The Kier molecular flexibility index (Phi) is 9.36. The van der Waals surface area contributed by atoms with Crippen LogP contribution in [-0.4, -0.2) is 44.0 Å². The molecule has 0 heterocycles. The molecule has 152 valence electrons. The van der Waals surface area contributed by atoms with Crippen molar-refractivity contribution in [3.05, 3.63) is 91.0 Å². The molecule has 0 spiro atoms. The van der Waals surface area contributed by atoms with Gasteiger partial charge in [0.1, 0.15) is 0 Å². The van der Waals surface area contributed by atoms with E-state index in [9.17, 15) is 0 Å². The first kappa shape index (κ1) is 22.2. The van der Waals surface area contributed by atoms with Crippen LogP contribution in [0, 0.1) is 0 Å². The van der Waals surface area contributed by atoms with Crippen LogP contribution in [0.1, 0.15) is 12.8 Å². The molecule has 29 heavy (non-hydrogen) atoms. The highest BCUT2D eigenvalue weighted by molar-refractivity contribution is 7.73. The lowest BCUT2D eigenvalue weighted by Crippen LogP contribution is -2.17. The van der Waals surface area contributed by atoms with Crippen LogP contribution in [0.5, 0.6) is 0 Å². The molecular weight excluding hydrogens is 388 g/mol. The fourth-order valence-corrected chi connectivity index (χ4v) is 8.63. The number of benzene rings is 3. The Morgan fingerprint density at radius 3 is 1.48 bits per heavy atom. The normalized spacial score (nSPS) is 12.4. The Hall–Kier alpha value is -1.52. The molecule has 0 saturated carbocycles. The first-order valence-corrected chi connectivity index (χ1v) is 13.8. The minimum absolute atomic E-state index is 0.0712. The van der Waals surface area contributed by atoms with E-state index in [-0.39, 0.29) is 15.8 Å². The van der Waals surface area contributed by atoms with E-state index >= 15 is 0 Å². The molecule has 0 aromatic heterocycles. The lowest BCUT2D eigenvalue weighted by molar-refractivity contribution is 0.409. The molecule has 3 aromatic rings. The van der Waals surface area contributed by atoms with E-state index in [1.807, 2.05) is 0 Å². The molecule has 3 aromatic carbocycles. The topological polar surface area (TPSA) is 3.24 Å². The van der Waals surface area contributed by atoms with Crippen LogP contribution in [0.25, 0.3) is 0 Å². The Bertz CT molecular complexity index is 766. The zero-order chi connectivity index (χ0) is 20.3. The van der Waals surface area contributed by atoms with E-state index in [1.54, 1.807) is 5.30 Å². The van der Waals surface area contributed by atoms with Crippen molar-refractivity contribution < 1.29 is 0 Å². The largest absolute Gasteiger partial charge is 0.309 e. The lowest BCUT2D eigenvalue weighted by Gasteiger charge is -2.22. The molecular formula is C26H33NP2. The third-order valence-electron chi connectivity index (χ3n) is 5.10. The third kappa shape index (κ3) is 7.35. The molecule has 3 heteroatoms. The molecule has 0 saturated heterocycles. The van der Waals surface area contributed by atoms with Gasteiger partial charge in [0.25, 0.3) is 0 Å². The van der Waals surface area contributed by atoms with Crippen LogP contribution < -0.4 is 15.9 Å². The molecule has 0 N–H and O–H groups in total. The summed E-state index contributed by atoms with van der Waals surface area (Å²) in [4.78, 5) is 2.31. The first-order chi connectivity index (χ1) is 14.2. The summed E-state index contributed by atoms with van der Waals surface area (Å²) in [5.74, 6) is 0. The minimum atomic E-state index is -0.271. The number of nitrogens with zero attached hydrogens (tertiary/aromatic N) is 1. The fraction of sp³-hybridized carbons (Fsp3) is 0.308.